The van der Waals surface area contributed by atoms with Gasteiger partial charge in [-0.25, -0.2) is 9.97 Å². The number of alkyl halides is 2. The lowest BCUT2D eigenvalue weighted by Crippen LogP contribution is -2.27. The van der Waals surface area contributed by atoms with Gasteiger partial charge in [0.1, 0.15) is 11.6 Å². The number of benzene rings is 1. The van der Waals surface area contributed by atoms with Crippen molar-refractivity contribution in [2.24, 2.45) is 0 Å². The van der Waals surface area contributed by atoms with E-state index in [-0.39, 0.29) is 17.4 Å². The monoisotopic (exact) mass is 368 g/mol. The topological polar surface area (TPSA) is 81.3 Å². The Morgan fingerprint density at radius 2 is 2.00 bits per heavy atom. The summed E-state index contributed by atoms with van der Waals surface area (Å²) < 4.78 is 28.5. The second-order valence-corrected chi connectivity index (χ2v) is 6.22. The number of thioether (sulfide) groups is 1. The molecule has 0 saturated carbocycles. The third-order valence-corrected chi connectivity index (χ3v) is 4.00. The van der Waals surface area contributed by atoms with Gasteiger partial charge in [0.25, 0.3) is 0 Å². The van der Waals surface area contributed by atoms with Gasteiger partial charge in [0, 0.05) is 25.4 Å². The lowest BCUT2D eigenvalue weighted by atomic mass is 10.2. The maximum absolute atomic E-state index is 12.2. The Morgan fingerprint density at radius 3 is 2.60 bits per heavy atom. The van der Waals surface area contributed by atoms with Gasteiger partial charge >= 0.3 is 6.61 Å². The molecule has 0 aliphatic heterocycles. The molecule has 2 N–H and O–H groups in total. The maximum atomic E-state index is 12.2. The molecule has 2 rings (SSSR count). The van der Waals surface area contributed by atoms with Crippen LogP contribution in [0.3, 0.4) is 0 Å². The highest BCUT2D eigenvalue weighted by molar-refractivity contribution is 7.99. The highest BCUT2D eigenvalue weighted by Gasteiger charge is 2.12. The highest BCUT2D eigenvalue weighted by Crippen LogP contribution is 2.18. The molecule has 0 aliphatic carbocycles. The highest BCUT2D eigenvalue weighted by atomic mass is 32.2. The van der Waals surface area contributed by atoms with Crippen molar-refractivity contribution in [3.8, 4) is 5.75 Å². The van der Waals surface area contributed by atoms with Gasteiger partial charge in [0.05, 0.1) is 5.75 Å². The van der Waals surface area contributed by atoms with Gasteiger partial charge < -0.3 is 15.4 Å². The lowest BCUT2D eigenvalue weighted by Gasteiger charge is -2.17. The number of nitrogens with two attached hydrogens (primary N) is 1. The Morgan fingerprint density at radius 1 is 1.32 bits per heavy atom. The predicted octanol–water partition coefficient (Wildman–Crippen LogP) is 2.72. The van der Waals surface area contributed by atoms with E-state index in [4.69, 9.17) is 5.73 Å². The number of hydrogen-bond donors (Lipinski definition) is 1. The van der Waals surface area contributed by atoms with Crippen LogP contribution in [0.15, 0.2) is 35.5 Å². The molecule has 6 nitrogen and oxygen atoms in total. The molecule has 0 fully saturated rings. The average Bonchev–Trinajstić information content (AvgIpc) is 2.53. The molecule has 2 aromatic rings. The number of halogens is 2. The smallest absolute Gasteiger partial charge is 0.387 e. The van der Waals surface area contributed by atoms with Gasteiger partial charge in [-0.1, -0.05) is 23.9 Å². The van der Waals surface area contributed by atoms with E-state index in [0.717, 1.165) is 11.3 Å². The Hall–Kier alpha value is -2.42. The minimum absolute atomic E-state index is 0.0810. The van der Waals surface area contributed by atoms with Crippen molar-refractivity contribution in [1.29, 1.82) is 0 Å². The zero-order chi connectivity index (χ0) is 18.4. The molecule has 0 aliphatic rings. The summed E-state index contributed by atoms with van der Waals surface area (Å²) in [5.74, 6) is 0.507. The number of carbonyl (C=O) groups is 1. The average molecular weight is 368 g/mol. The van der Waals surface area contributed by atoms with E-state index in [1.165, 1.54) is 28.8 Å². The molecule has 0 saturated heterocycles. The van der Waals surface area contributed by atoms with E-state index < -0.39 is 6.61 Å². The van der Waals surface area contributed by atoms with E-state index in [2.05, 4.69) is 14.7 Å². The first kappa shape index (κ1) is 18.9. The largest absolute Gasteiger partial charge is 0.435 e. The third-order valence-electron chi connectivity index (χ3n) is 3.17. The van der Waals surface area contributed by atoms with Crippen LogP contribution in [-0.2, 0) is 11.3 Å². The van der Waals surface area contributed by atoms with Gasteiger partial charge in [0.2, 0.25) is 5.91 Å². The number of carbonyl (C=O) groups excluding carboxylic acids is 1. The molecule has 1 aromatic heterocycles. The number of rotatable bonds is 7. The first-order valence-corrected chi connectivity index (χ1v) is 8.33. The molecular formula is C16H18F2N4O2S. The van der Waals surface area contributed by atoms with Gasteiger partial charge in [-0.15, -0.1) is 0 Å². The number of nitrogen functional groups attached to an aromatic ring is 1. The Balaban J connectivity index is 1.87. The fraction of sp³-hybridized carbons (Fsp3) is 0.312. The molecule has 134 valence electrons. The van der Waals surface area contributed by atoms with Crippen LogP contribution in [0.4, 0.5) is 14.6 Å². The van der Waals surface area contributed by atoms with E-state index in [9.17, 15) is 13.6 Å². The van der Waals surface area contributed by atoms with Gasteiger partial charge in [-0.3, -0.25) is 4.79 Å². The molecule has 1 heterocycles. The summed E-state index contributed by atoms with van der Waals surface area (Å²) in [6.45, 7) is -0.701. The number of ether oxygens (including phenoxy) is 1. The van der Waals surface area contributed by atoms with Crippen LogP contribution in [-0.4, -0.2) is 40.2 Å². The number of hydrogen-bond acceptors (Lipinski definition) is 6. The van der Waals surface area contributed by atoms with Crippen molar-refractivity contribution in [2.75, 3.05) is 18.5 Å². The van der Waals surface area contributed by atoms with E-state index >= 15 is 0 Å². The second kappa shape index (κ2) is 8.61. The molecule has 1 amide bonds. The summed E-state index contributed by atoms with van der Waals surface area (Å²) in [6, 6.07) is 7.81. The van der Waals surface area contributed by atoms with Gasteiger partial charge in [-0.05, 0) is 24.6 Å². The summed E-state index contributed by atoms with van der Waals surface area (Å²) in [7, 11) is 1.66. The summed E-state index contributed by atoms with van der Waals surface area (Å²) >= 11 is 1.21. The molecular weight excluding hydrogens is 350 g/mol. The fourth-order valence-corrected chi connectivity index (χ4v) is 2.86. The van der Waals surface area contributed by atoms with Crippen molar-refractivity contribution in [3.63, 3.8) is 0 Å². The Bertz CT molecular complexity index is 708. The summed E-state index contributed by atoms with van der Waals surface area (Å²) in [5, 5.41) is 0.452. The van der Waals surface area contributed by atoms with Crippen LogP contribution in [0.2, 0.25) is 0 Å². The first-order valence-electron chi connectivity index (χ1n) is 7.35. The summed E-state index contributed by atoms with van der Waals surface area (Å²) in [6.07, 6.45) is 0. The minimum Gasteiger partial charge on any atom is -0.435 e. The molecule has 25 heavy (non-hydrogen) atoms. The van der Waals surface area contributed by atoms with Gasteiger partial charge in [-0.2, -0.15) is 8.78 Å². The second-order valence-electron chi connectivity index (χ2n) is 5.28. The van der Waals surface area contributed by atoms with Crippen molar-refractivity contribution in [2.45, 2.75) is 25.2 Å². The third kappa shape index (κ3) is 6.18. The van der Waals surface area contributed by atoms with Crippen LogP contribution in [0.25, 0.3) is 0 Å². The van der Waals surface area contributed by atoms with Crippen molar-refractivity contribution in [3.05, 3.63) is 41.6 Å². The molecule has 0 atom stereocenters. The van der Waals surface area contributed by atoms with E-state index in [1.807, 2.05) is 0 Å². The van der Waals surface area contributed by atoms with Crippen LogP contribution >= 0.6 is 11.8 Å². The van der Waals surface area contributed by atoms with Crippen LogP contribution in [0.1, 0.15) is 11.3 Å². The van der Waals surface area contributed by atoms with Crippen LogP contribution in [0.5, 0.6) is 5.75 Å². The van der Waals surface area contributed by atoms with Crippen molar-refractivity contribution < 1.29 is 18.3 Å². The molecule has 0 spiro atoms. The lowest BCUT2D eigenvalue weighted by molar-refractivity contribution is -0.127. The maximum Gasteiger partial charge on any atom is 0.387 e. The predicted molar refractivity (Wildman–Crippen MR) is 91.5 cm³/mol. The molecule has 0 bridgehead atoms. The zero-order valence-corrected chi connectivity index (χ0v) is 14.6. The fourth-order valence-electron chi connectivity index (χ4n) is 2.00. The van der Waals surface area contributed by atoms with Crippen molar-refractivity contribution in [1.82, 2.24) is 14.9 Å². The molecule has 9 heteroatoms. The zero-order valence-electron chi connectivity index (χ0n) is 13.8. The normalized spacial score (nSPS) is 10.8. The number of anilines is 1. The number of aromatic nitrogens is 2. The summed E-state index contributed by atoms with van der Waals surface area (Å²) in [5.41, 5.74) is 7.20. The van der Waals surface area contributed by atoms with E-state index in [0.29, 0.717) is 17.5 Å². The quantitative estimate of drug-likeness (QED) is 0.598. The standard InChI is InChI=1S/C16H18F2N4O2S/c1-10-7-13(19)21-16(20-10)25-9-14(23)22(2)8-11-3-5-12(6-4-11)24-15(17)18/h3-7,15H,8-9H2,1-2H3,(H2,19,20,21). The van der Waals surface area contributed by atoms with Crippen LogP contribution in [0, 0.1) is 6.92 Å². The van der Waals surface area contributed by atoms with E-state index in [1.54, 1.807) is 32.2 Å². The first-order chi connectivity index (χ1) is 11.8. The Kier molecular flexibility index (Phi) is 6.51. The molecule has 0 radical (unpaired) electrons. The number of aryl methyl sites for hydroxylation is 1. The minimum atomic E-state index is -2.86. The van der Waals surface area contributed by atoms with Gasteiger partial charge in [0.15, 0.2) is 5.16 Å². The number of nitrogens with zero attached hydrogens (tertiary/aromatic N) is 3. The Labute approximate surface area is 148 Å². The van der Waals surface area contributed by atoms with Crippen molar-refractivity contribution >= 4 is 23.5 Å². The molecule has 1 aromatic carbocycles. The number of amides is 1. The summed E-state index contributed by atoms with van der Waals surface area (Å²) in [4.78, 5) is 22.0. The molecule has 0 unspecified atom stereocenters. The van der Waals surface area contributed by atoms with Crippen LogP contribution < -0.4 is 10.5 Å². The SMILES string of the molecule is Cc1cc(N)nc(SCC(=O)N(C)Cc2ccc(OC(F)F)cc2)n1.